The van der Waals surface area contributed by atoms with E-state index in [9.17, 15) is 4.39 Å². The predicted molar refractivity (Wildman–Crippen MR) is 85.6 cm³/mol. The fourth-order valence-corrected chi connectivity index (χ4v) is 3.52. The molecule has 0 bridgehead atoms. The van der Waals surface area contributed by atoms with Crippen LogP contribution in [0.5, 0.6) is 5.75 Å². The number of ether oxygens (including phenoxy) is 1. The maximum Gasteiger partial charge on any atom is 0.128 e. The quantitative estimate of drug-likeness (QED) is 0.494. The second kappa shape index (κ2) is 8.25. The fraction of sp³-hybridized carbons (Fsp3) is 0.600. The lowest BCUT2D eigenvalue weighted by molar-refractivity contribution is 0.144. The van der Waals surface area contributed by atoms with Gasteiger partial charge in [0.05, 0.1) is 6.61 Å². The van der Waals surface area contributed by atoms with Crippen molar-refractivity contribution in [1.82, 2.24) is 0 Å². The van der Waals surface area contributed by atoms with Crippen LogP contribution in [-0.4, -0.2) is 11.9 Å². The van der Waals surface area contributed by atoms with Crippen molar-refractivity contribution >= 4 is 31.9 Å². The molecule has 1 aromatic rings. The van der Waals surface area contributed by atoms with E-state index in [-0.39, 0.29) is 11.2 Å². The maximum atomic E-state index is 13.3. The summed E-state index contributed by atoms with van der Waals surface area (Å²) >= 11 is 6.90. The van der Waals surface area contributed by atoms with Gasteiger partial charge < -0.3 is 4.74 Å². The predicted octanol–water partition coefficient (Wildman–Crippen LogP) is 5.95. The minimum absolute atomic E-state index is 0.141. The Morgan fingerprint density at radius 1 is 1.16 bits per heavy atom. The molecule has 1 aromatic carbocycles. The molecule has 19 heavy (non-hydrogen) atoms. The van der Waals surface area contributed by atoms with Gasteiger partial charge in [0.1, 0.15) is 11.6 Å². The van der Waals surface area contributed by atoms with Gasteiger partial charge in [0, 0.05) is 21.3 Å². The largest absolute Gasteiger partial charge is 0.493 e. The Labute approximate surface area is 132 Å². The molecule has 0 fully saturated rings. The van der Waals surface area contributed by atoms with Gasteiger partial charge in [0.2, 0.25) is 0 Å². The Hall–Kier alpha value is -0.0900. The van der Waals surface area contributed by atoms with Crippen LogP contribution in [0.2, 0.25) is 0 Å². The summed E-state index contributed by atoms with van der Waals surface area (Å²) in [6.45, 7) is 4.99. The summed E-state index contributed by atoms with van der Waals surface area (Å²) in [5.74, 6) is 0.309. The van der Waals surface area contributed by atoms with E-state index in [1.807, 2.05) is 0 Å². The molecule has 1 nitrogen and oxygen atoms in total. The van der Waals surface area contributed by atoms with E-state index in [1.54, 1.807) is 6.07 Å². The smallest absolute Gasteiger partial charge is 0.128 e. The summed E-state index contributed by atoms with van der Waals surface area (Å²) in [6, 6.07) is 4.67. The molecule has 0 atom stereocenters. The maximum absolute atomic E-state index is 13.3. The Bertz CT molecular complexity index is 369. The van der Waals surface area contributed by atoms with Crippen LogP contribution >= 0.6 is 31.9 Å². The van der Waals surface area contributed by atoms with Crippen molar-refractivity contribution < 1.29 is 9.13 Å². The molecule has 108 valence electrons. The van der Waals surface area contributed by atoms with Crippen LogP contribution < -0.4 is 4.74 Å². The van der Waals surface area contributed by atoms with E-state index in [4.69, 9.17) is 4.74 Å². The molecule has 0 aromatic heterocycles. The Kier molecular flexibility index (Phi) is 7.37. The summed E-state index contributed by atoms with van der Waals surface area (Å²) < 4.78 is 19.8. The third-order valence-electron chi connectivity index (χ3n) is 3.23. The van der Waals surface area contributed by atoms with Crippen molar-refractivity contribution in [3.05, 3.63) is 28.5 Å². The summed E-state index contributed by atoms with van der Waals surface area (Å²) in [4.78, 5) is 0. The minimum Gasteiger partial charge on any atom is -0.493 e. The Balaban J connectivity index is 2.74. The van der Waals surface area contributed by atoms with Gasteiger partial charge in [0.25, 0.3) is 0 Å². The lowest BCUT2D eigenvalue weighted by Crippen LogP contribution is -2.30. The van der Waals surface area contributed by atoms with Crippen LogP contribution in [0.4, 0.5) is 4.39 Å². The first-order chi connectivity index (χ1) is 9.05. The Morgan fingerprint density at radius 2 is 1.79 bits per heavy atom. The van der Waals surface area contributed by atoms with Gasteiger partial charge in [-0.05, 0) is 25.0 Å². The van der Waals surface area contributed by atoms with E-state index in [0.717, 1.165) is 31.0 Å². The lowest BCUT2D eigenvalue weighted by Gasteiger charge is -2.31. The second-order valence-corrected chi connectivity index (χ2v) is 6.50. The highest BCUT2D eigenvalue weighted by Crippen LogP contribution is 2.33. The molecule has 4 heteroatoms. The number of benzene rings is 1. The zero-order chi connectivity index (χ0) is 14.3. The number of halogens is 3. The molecule has 0 heterocycles. The van der Waals surface area contributed by atoms with Gasteiger partial charge in [0.15, 0.2) is 0 Å². The third-order valence-corrected chi connectivity index (χ3v) is 4.87. The van der Waals surface area contributed by atoms with Crippen LogP contribution in [0.15, 0.2) is 22.7 Å². The minimum atomic E-state index is -0.278. The molecule has 0 aliphatic rings. The van der Waals surface area contributed by atoms with Crippen LogP contribution in [0.1, 0.15) is 39.5 Å². The number of alkyl halides is 1. The summed E-state index contributed by atoms with van der Waals surface area (Å²) in [7, 11) is 0. The molecular formula is C15H21Br2FO. The van der Waals surface area contributed by atoms with Crippen LogP contribution in [-0.2, 0) is 0 Å². The Morgan fingerprint density at radius 3 is 2.26 bits per heavy atom. The number of rotatable bonds is 8. The first kappa shape index (κ1) is 17.0. The fourth-order valence-electron chi connectivity index (χ4n) is 2.35. The van der Waals surface area contributed by atoms with Crippen molar-refractivity contribution in [2.24, 2.45) is 5.41 Å². The standard InChI is InChI=1S/C15H21Br2FO/c1-3-5-15(10-16,6-4-2)11-19-14-8-12(17)7-13(18)9-14/h7-9H,3-6,10-11H2,1-2H3. The monoisotopic (exact) mass is 394 g/mol. The molecule has 0 aliphatic carbocycles. The molecule has 0 radical (unpaired) electrons. The number of hydrogen-bond donors (Lipinski definition) is 0. The summed E-state index contributed by atoms with van der Waals surface area (Å²) in [5.41, 5.74) is 0.141. The van der Waals surface area contributed by atoms with Gasteiger partial charge >= 0.3 is 0 Å². The SMILES string of the molecule is CCCC(CBr)(CCC)COc1cc(F)cc(Br)c1. The van der Waals surface area contributed by atoms with Gasteiger partial charge in [-0.15, -0.1) is 0 Å². The van der Waals surface area contributed by atoms with Crippen LogP contribution in [0.25, 0.3) is 0 Å². The van der Waals surface area contributed by atoms with Crippen molar-refractivity contribution in [1.29, 1.82) is 0 Å². The van der Waals surface area contributed by atoms with E-state index >= 15 is 0 Å². The van der Waals surface area contributed by atoms with E-state index in [2.05, 4.69) is 45.7 Å². The molecule has 0 N–H and O–H groups in total. The van der Waals surface area contributed by atoms with Crippen molar-refractivity contribution in [2.75, 3.05) is 11.9 Å². The highest BCUT2D eigenvalue weighted by molar-refractivity contribution is 9.10. The molecule has 0 spiro atoms. The molecule has 1 rings (SSSR count). The van der Waals surface area contributed by atoms with Gasteiger partial charge in [-0.2, -0.15) is 0 Å². The average Bonchev–Trinajstić information content (AvgIpc) is 2.35. The van der Waals surface area contributed by atoms with Gasteiger partial charge in [-0.25, -0.2) is 4.39 Å². The zero-order valence-electron chi connectivity index (χ0n) is 11.5. The second-order valence-electron chi connectivity index (χ2n) is 5.03. The highest BCUT2D eigenvalue weighted by atomic mass is 79.9. The van der Waals surface area contributed by atoms with E-state index < -0.39 is 0 Å². The zero-order valence-corrected chi connectivity index (χ0v) is 14.7. The molecule has 0 amide bonds. The lowest BCUT2D eigenvalue weighted by atomic mass is 9.82. The third kappa shape index (κ3) is 5.42. The normalized spacial score (nSPS) is 11.6. The van der Waals surface area contributed by atoms with Crippen molar-refractivity contribution in [2.45, 2.75) is 39.5 Å². The average molecular weight is 396 g/mol. The molecule has 0 aliphatic heterocycles. The van der Waals surface area contributed by atoms with Crippen molar-refractivity contribution in [3.63, 3.8) is 0 Å². The molecular weight excluding hydrogens is 375 g/mol. The summed E-state index contributed by atoms with van der Waals surface area (Å²) in [5, 5.41) is 0.915. The topological polar surface area (TPSA) is 9.23 Å². The van der Waals surface area contributed by atoms with Crippen LogP contribution in [0.3, 0.4) is 0 Å². The van der Waals surface area contributed by atoms with Gasteiger partial charge in [-0.1, -0.05) is 58.5 Å². The van der Waals surface area contributed by atoms with E-state index in [1.165, 1.54) is 12.1 Å². The number of hydrogen-bond acceptors (Lipinski definition) is 1. The van der Waals surface area contributed by atoms with Crippen LogP contribution in [0, 0.1) is 11.2 Å². The van der Waals surface area contributed by atoms with Gasteiger partial charge in [-0.3, -0.25) is 0 Å². The molecule has 0 saturated heterocycles. The molecule has 0 saturated carbocycles. The van der Waals surface area contributed by atoms with Crippen molar-refractivity contribution in [3.8, 4) is 5.75 Å². The first-order valence-electron chi connectivity index (χ1n) is 6.70. The highest BCUT2D eigenvalue weighted by Gasteiger charge is 2.28. The summed E-state index contributed by atoms with van der Waals surface area (Å²) in [6.07, 6.45) is 4.48. The first-order valence-corrected chi connectivity index (χ1v) is 8.61. The van der Waals surface area contributed by atoms with E-state index in [0.29, 0.717) is 16.8 Å². The molecule has 0 unspecified atom stereocenters.